The molecule has 1 unspecified atom stereocenters. The van der Waals surface area contributed by atoms with Crippen LogP contribution >= 0.6 is 12.4 Å². The van der Waals surface area contributed by atoms with Gasteiger partial charge in [0.25, 0.3) is 5.91 Å². The van der Waals surface area contributed by atoms with Crippen LogP contribution in [0.15, 0.2) is 0 Å². The highest BCUT2D eigenvalue weighted by molar-refractivity contribution is 5.86. The average Bonchev–Trinajstić information content (AvgIpc) is 2.54. The molecule has 138 valence electrons. The van der Waals surface area contributed by atoms with Crippen molar-refractivity contribution in [3.8, 4) is 0 Å². The summed E-state index contributed by atoms with van der Waals surface area (Å²) in [6.45, 7) is 4.00. The van der Waals surface area contributed by atoms with Gasteiger partial charge in [0.1, 0.15) is 5.60 Å². The van der Waals surface area contributed by atoms with Gasteiger partial charge in [-0.25, -0.2) is 0 Å². The number of halogens is 1. The van der Waals surface area contributed by atoms with E-state index in [0.717, 1.165) is 43.7 Å². The van der Waals surface area contributed by atoms with E-state index in [1.807, 2.05) is 0 Å². The van der Waals surface area contributed by atoms with E-state index < -0.39 is 5.60 Å². The number of amides is 1. The summed E-state index contributed by atoms with van der Waals surface area (Å²) >= 11 is 0. The second-order valence-electron chi connectivity index (χ2n) is 8.92. The van der Waals surface area contributed by atoms with E-state index in [4.69, 9.17) is 4.74 Å². The van der Waals surface area contributed by atoms with Gasteiger partial charge in [0, 0.05) is 13.2 Å². The Bertz CT molecular complexity index is 441. The van der Waals surface area contributed by atoms with E-state index in [2.05, 4.69) is 17.6 Å². The molecule has 0 aromatic rings. The quantitative estimate of drug-likeness (QED) is 0.814. The summed E-state index contributed by atoms with van der Waals surface area (Å²) in [5, 5.41) is 6.74. The van der Waals surface area contributed by atoms with Crippen LogP contribution in [0.4, 0.5) is 0 Å². The first-order valence-corrected chi connectivity index (χ1v) is 9.62. The van der Waals surface area contributed by atoms with Crippen molar-refractivity contribution in [2.75, 3.05) is 20.2 Å². The molecule has 5 aliphatic rings. The van der Waals surface area contributed by atoms with Crippen molar-refractivity contribution in [1.82, 2.24) is 10.6 Å². The van der Waals surface area contributed by atoms with Gasteiger partial charge in [-0.05, 0) is 94.5 Å². The van der Waals surface area contributed by atoms with Gasteiger partial charge in [0.05, 0.1) is 0 Å². The number of nitrogens with one attached hydrogen (secondary N) is 2. The van der Waals surface area contributed by atoms with Gasteiger partial charge >= 0.3 is 0 Å². The van der Waals surface area contributed by atoms with Crippen molar-refractivity contribution in [1.29, 1.82) is 0 Å². The predicted molar refractivity (Wildman–Crippen MR) is 97.3 cm³/mol. The lowest BCUT2D eigenvalue weighted by molar-refractivity contribution is -0.150. The zero-order chi connectivity index (χ0) is 16.1. The maximum Gasteiger partial charge on any atom is 0.252 e. The summed E-state index contributed by atoms with van der Waals surface area (Å²) in [4.78, 5) is 13.0. The Hall–Kier alpha value is -0.320. The Morgan fingerprint density at radius 1 is 1.08 bits per heavy atom. The molecule has 1 aliphatic heterocycles. The third-order valence-corrected chi connectivity index (χ3v) is 7.57. The van der Waals surface area contributed by atoms with E-state index in [1.54, 1.807) is 7.11 Å². The third-order valence-electron chi connectivity index (χ3n) is 7.57. The molecule has 4 aliphatic carbocycles. The molecule has 1 atom stereocenters. The molecule has 4 bridgehead atoms. The molecule has 1 saturated heterocycles. The fraction of sp³-hybridized carbons (Fsp3) is 0.947. The van der Waals surface area contributed by atoms with E-state index >= 15 is 0 Å². The Kier molecular flexibility index (Phi) is 5.21. The summed E-state index contributed by atoms with van der Waals surface area (Å²) in [5.74, 6) is 2.91. The number of hydrogen-bond donors (Lipinski definition) is 2. The first-order valence-electron chi connectivity index (χ1n) is 9.62. The van der Waals surface area contributed by atoms with E-state index in [1.165, 1.54) is 38.5 Å². The Labute approximate surface area is 152 Å². The summed E-state index contributed by atoms with van der Waals surface area (Å²) < 4.78 is 5.71. The Morgan fingerprint density at radius 3 is 2.04 bits per heavy atom. The fourth-order valence-electron chi connectivity index (χ4n) is 6.54. The summed E-state index contributed by atoms with van der Waals surface area (Å²) in [5.41, 5.74) is -0.242. The van der Waals surface area contributed by atoms with Crippen LogP contribution in [-0.2, 0) is 9.53 Å². The summed E-state index contributed by atoms with van der Waals surface area (Å²) in [6, 6.07) is 0.283. The molecular formula is C19H33ClN2O2. The van der Waals surface area contributed by atoms with Crippen LogP contribution in [0.5, 0.6) is 0 Å². The van der Waals surface area contributed by atoms with Gasteiger partial charge in [0.15, 0.2) is 0 Å². The minimum Gasteiger partial charge on any atom is -0.368 e. The molecule has 0 aromatic carbocycles. The van der Waals surface area contributed by atoms with Gasteiger partial charge in [-0.3, -0.25) is 4.79 Å². The van der Waals surface area contributed by atoms with Gasteiger partial charge in [-0.2, -0.15) is 0 Å². The summed E-state index contributed by atoms with van der Waals surface area (Å²) in [6.07, 6.45) is 9.92. The Morgan fingerprint density at radius 2 is 1.58 bits per heavy atom. The highest BCUT2D eigenvalue weighted by Gasteiger charge is 2.54. The predicted octanol–water partition coefficient (Wildman–Crippen LogP) is 2.90. The van der Waals surface area contributed by atoms with Crippen LogP contribution in [0.3, 0.4) is 0 Å². The van der Waals surface area contributed by atoms with Crippen LogP contribution in [-0.4, -0.2) is 37.7 Å². The smallest absolute Gasteiger partial charge is 0.252 e. The molecule has 24 heavy (non-hydrogen) atoms. The molecule has 1 heterocycles. The second-order valence-corrected chi connectivity index (χ2v) is 8.92. The van der Waals surface area contributed by atoms with E-state index in [9.17, 15) is 4.79 Å². The van der Waals surface area contributed by atoms with E-state index in [-0.39, 0.29) is 24.4 Å². The zero-order valence-corrected chi connectivity index (χ0v) is 15.9. The van der Waals surface area contributed by atoms with E-state index in [0.29, 0.717) is 5.41 Å². The highest BCUT2D eigenvalue weighted by Crippen LogP contribution is 2.61. The monoisotopic (exact) mass is 356 g/mol. The average molecular weight is 357 g/mol. The first-order chi connectivity index (χ1) is 11.1. The normalized spacial score (nSPS) is 40.7. The number of carbonyl (C=O) groups excluding carboxylic acids is 1. The first kappa shape index (κ1) is 18.5. The molecule has 5 heteroatoms. The van der Waals surface area contributed by atoms with Gasteiger partial charge < -0.3 is 15.4 Å². The topological polar surface area (TPSA) is 50.4 Å². The molecular weight excluding hydrogens is 324 g/mol. The van der Waals surface area contributed by atoms with Crippen molar-refractivity contribution < 1.29 is 9.53 Å². The second kappa shape index (κ2) is 6.77. The van der Waals surface area contributed by atoms with Gasteiger partial charge in [0.2, 0.25) is 0 Å². The number of hydrogen-bond acceptors (Lipinski definition) is 3. The third kappa shape index (κ3) is 2.99. The molecule has 5 rings (SSSR count). The van der Waals surface area contributed by atoms with Crippen molar-refractivity contribution >= 4 is 18.3 Å². The van der Waals surface area contributed by atoms with Crippen LogP contribution in [0.1, 0.15) is 58.3 Å². The number of ether oxygens (including phenoxy) is 1. The molecule has 0 aromatic heterocycles. The zero-order valence-electron chi connectivity index (χ0n) is 15.1. The molecule has 0 radical (unpaired) electrons. The largest absolute Gasteiger partial charge is 0.368 e. The van der Waals surface area contributed by atoms with Crippen LogP contribution in [0.2, 0.25) is 0 Å². The lowest BCUT2D eigenvalue weighted by atomic mass is 9.48. The van der Waals surface area contributed by atoms with Crippen molar-refractivity contribution in [3.05, 3.63) is 0 Å². The molecule has 4 saturated carbocycles. The molecule has 1 amide bonds. The van der Waals surface area contributed by atoms with Gasteiger partial charge in [-0.15, -0.1) is 12.4 Å². The number of piperidine rings is 1. The standard InChI is InChI=1S/C19H32N2O2.ClH/c1-13(21-17(22)19(23-2)3-5-20-6-4-19)18-10-14-7-15(11-18)9-16(8-14)12-18;/h13-16,20H,3-12H2,1-2H3,(H,21,22);1H. The number of rotatable bonds is 4. The SMILES string of the molecule is COC1(C(=O)NC(C)C23CC4CC(CC(C4)C2)C3)CCNCC1.Cl. The van der Waals surface area contributed by atoms with Crippen molar-refractivity contribution in [2.45, 2.75) is 69.9 Å². The van der Waals surface area contributed by atoms with Gasteiger partial charge in [-0.1, -0.05) is 0 Å². The van der Waals surface area contributed by atoms with Crippen LogP contribution < -0.4 is 10.6 Å². The lowest BCUT2D eigenvalue weighted by Crippen LogP contribution is -2.61. The molecule has 2 N–H and O–H groups in total. The fourth-order valence-corrected chi connectivity index (χ4v) is 6.54. The minimum absolute atomic E-state index is 0. The highest BCUT2D eigenvalue weighted by atomic mass is 35.5. The number of carbonyl (C=O) groups is 1. The van der Waals surface area contributed by atoms with Crippen molar-refractivity contribution in [2.24, 2.45) is 23.2 Å². The molecule has 0 spiro atoms. The van der Waals surface area contributed by atoms with Crippen molar-refractivity contribution in [3.63, 3.8) is 0 Å². The maximum atomic E-state index is 13.0. The number of methoxy groups -OCH3 is 1. The maximum absolute atomic E-state index is 13.0. The minimum atomic E-state index is -0.609. The van der Waals surface area contributed by atoms with Crippen LogP contribution in [0, 0.1) is 23.2 Å². The van der Waals surface area contributed by atoms with Crippen LogP contribution in [0.25, 0.3) is 0 Å². The molecule has 4 nitrogen and oxygen atoms in total. The lowest BCUT2D eigenvalue weighted by Gasteiger charge is -2.59. The molecule has 5 fully saturated rings. The Balaban J connectivity index is 0.00000169. The summed E-state index contributed by atoms with van der Waals surface area (Å²) in [7, 11) is 1.69.